The molecule has 0 aromatic heterocycles. The van der Waals surface area contributed by atoms with Crippen LogP contribution in [0.5, 0.6) is 0 Å². The number of carbonyl (C=O) groups excluding carboxylic acids is 1. The van der Waals surface area contributed by atoms with Crippen LogP contribution >= 0.6 is 0 Å². The molecule has 2 rings (SSSR count). The minimum atomic E-state index is -0.504. The molecule has 108 valence electrons. The molecule has 1 atom stereocenters. The van der Waals surface area contributed by atoms with Crippen molar-refractivity contribution in [1.82, 2.24) is 5.32 Å². The largest absolute Gasteiger partial charge is 0.324 e. The van der Waals surface area contributed by atoms with Gasteiger partial charge in [-0.2, -0.15) is 0 Å². The fourth-order valence-electron chi connectivity index (χ4n) is 2.65. The first-order valence-corrected chi connectivity index (χ1v) is 6.80. The summed E-state index contributed by atoms with van der Waals surface area (Å²) in [6.07, 6.45) is 2.53. The summed E-state index contributed by atoms with van der Waals surface area (Å²) in [7, 11) is 0. The molecular weight excluding hydrogens is 258 g/mol. The van der Waals surface area contributed by atoms with Crippen LogP contribution in [0.15, 0.2) is 18.2 Å². The zero-order valence-corrected chi connectivity index (χ0v) is 11.7. The summed E-state index contributed by atoms with van der Waals surface area (Å²) in [5.74, 6) is -0.0641. The summed E-state index contributed by atoms with van der Waals surface area (Å²) in [5, 5.41) is 16.9. The lowest BCUT2D eigenvalue weighted by Gasteiger charge is -2.26. The molecule has 0 saturated carbocycles. The SMILES string of the molecule is CCC1(C(=O)Nc2ccc([N+](=O)[O-])c(C)c2)CCCN1. The molecule has 1 unspecified atom stereocenters. The average Bonchev–Trinajstić information content (AvgIpc) is 2.88. The van der Waals surface area contributed by atoms with Crippen molar-refractivity contribution in [3.05, 3.63) is 33.9 Å². The number of benzene rings is 1. The molecule has 1 aromatic carbocycles. The van der Waals surface area contributed by atoms with E-state index in [4.69, 9.17) is 0 Å². The molecule has 1 amide bonds. The molecule has 0 aliphatic carbocycles. The van der Waals surface area contributed by atoms with E-state index in [1.165, 1.54) is 6.07 Å². The van der Waals surface area contributed by atoms with Crippen LogP contribution in [0, 0.1) is 17.0 Å². The topological polar surface area (TPSA) is 84.3 Å². The zero-order valence-electron chi connectivity index (χ0n) is 11.7. The van der Waals surface area contributed by atoms with Gasteiger partial charge in [-0.3, -0.25) is 14.9 Å². The first-order valence-electron chi connectivity index (χ1n) is 6.80. The van der Waals surface area contributed by atoms with E-state index in [9.17, 15) is 14.9 Å². The van der Waals surface area contributed by atoms with Crippen molar-refractivity contribution in [2.24, 2.45) is 0 Å². The summed E-state index contributed by atoms with van der Waals surface area (Å²) in [5.41, 5.74) is 0.694. The highest BCUT2D eigenvalue weighted by Crippen LogP contribution is 2.26. The Morgan fingerprint density at radius 2 is 2.30 bits per heavy atom. The predicted octanol–water partition coefficient (Wildman–Crippen LogP) is 2.37. The number of amides is 1. The Kier molecular flexibility index (Phi) is 4.04. The molecule has 0 radical (unpaired) electrons. The maximum atomic E-state index is 12.4. The van der Waals surface area contributed by atoms with Crippen LogP contribution in [-0.2, 0) is 4.79 Å². The van der Waals surface area contributed by atoms with E-state index >= 15 is 0 Å². The van der Waals surface area contributed by atoms with Crippen molar-refractivity contribution in [3.8, 4) is 0 Å². The van der Waals surface area contributed by atoms with Gasteiger partial charge in [0.2, 0.25) is 5.91 Å². The minimum Gasteiger partial charge on any atom is -0.324 e. The number of rotatable bonds is 4. The molecule has 0 bridgehead atoms. The van der Waals surface area contributed by atoms with Gasteiger partial charge >= 0.3 is 0 Å². The molecule has 1 heterocycles. The number of nitro groups is 1. The van der Waals surface area contributed by atoms with Crippen LogP contribution in [0.4, 0.5) is 11.4 Å². The number of carbonyl (C=O) groups is 1. The Morgan fingerprint density at radius 3 is 2.80 bits per heavy atom. The lowest BCUT2D eigenvalue weighted by molar-refractivity contribution is -0.385. The molecule has 6 nitrogen and oxygen atoms in total. The minimum absolute atomic E-state index is 0.0622. The third-order valence-corrected chi connectivity index (χ3v) is 3.93. The van der Waals surface area contributed by atoms with E-state index in [2.05, 4.69) is 10.6 Å². The van der Waals surface area contributed by atoms with Gasteiger partial charge in [-0.15, -0.1) is 0 Å². The number of hydrogen-bond donors (Lipinski definition) is 2. The molecule has 1 aliphatic rings. The highest BCUT2D eigenvalue weighted by molar-refractivity contribution is 5.98. The van der Waals surface area contributed by atoms with E-state index < -0.39 is 10.5 Å². The van der Waals surface area contributed by atoms with E-state index in [1.807, 2.05) is 6.92 Å². The van der Waals surface area contributed by atoms with Crippen LogP contribution in [0.3, 0.4) is 0 Å². The van der Waals surface area contributed by atoms with Crippen molar-refractivity contribution < 1.29 is 9.72 Å². The molecule has 1 saturated heterocycles. The average molecular weight is 277 g/mol. The Labute approximate surface area is 117 Å². The number of nitrogens with one attached hydrogen (secondary N) is 2. The molecule has 0 spiro atoms. The number of nitrogens with zero attached hydrogens (tertiary/aromatic N) is 1. The Balaban J connectivity index is 2.16. The van der Waals surface area contributed by atoms with Crippen molar-refractivity contribution in [2.75, 3.05) is 11.9 Å². The van der Waals surface area contributed by atoms with Gasteiger partial charge in [0, 0.05) is 17.3 Å². The van der Waals surface area contributed by atoms with Gasteiger partial charge in [0.05, 0.1) is 10.5 Å². The summed E-state index contributed by atoms with van der Waals surface area (Å²) in [6, 6.07) is 4.63. The van der Waals surface area contributed by atoms with Gasteiger partial charge in [0.1, 0.15) is 0 Å². The van der Waals surface area contributed by atoms with E-state index in [-0.39, 0.29) is 11.6 Å². The Morgan fingerprint density at radius 1 is 1.55 bits per heavy atom. The van der Waals surface area contributed by atoms with Crippen LogP contribution in [-0.4, -0.2) is 22.9 Å². The molecule has 1 aromatic rings. The second-order valence-corrected chi connectivity index (χ2v) is 5.18. The zero-order chi connectivity index (χ0) is 14.8. The van der Waals surface area contributed by atoms with Gasteiger partial charge in [0.25, 0.3) is 5.69 Å². The quantitative estimate of drug-likeness (QED) is 0.653. The fraction of sp³-hybridized carbons (Fsp3) is 0.500. The molecular formula is C14H19N3O3. The summed E-state index contributed by atoms with van der Waals surface area (Å²) in [6.45, 7) is 4.50. The van der Waals surface area contributed by atoms with Crippen molar-refractivity contribution in [3.63, 3.8) is 0 Å². The number of aryl methyl sites for hydroxylation is 1. The predicted molar refractivity (Wildman–Crippen MR) is 76.7 cm³/mol. The Bertz CT molecular complexity index is 536. The maximum Gasteiger partial charge on any atom is 0.272 e. The molecule has 2 N–H and O–H groups in total. The first kappa shape index (κ1) is 14.5. The van der Waals surface area contributed by atoms with Crippen molar-refractivity contribution in [1.29, 1.82) is 0 Å². The Hall–Kier alpha value is -1.95. The molecule has 1 fully saturated rings. The van der Waals surface area contributed by atoms with E-state index in [1.54, 1.807) is 19.1 Å². The third kappa shape index (κ3) is 2.65. The van der Waals surface area contributed by atoms with E-state index in [0.29, 0.717) is 11.3 Å². The van der Waals surface area contributed by atoms with Gasteiger partial charge in [-0.05, 0) is 44.9 Å². The lowest BCUT2D eigenvalue weighted by atomic mass is 9.93. The van der Waals surface area contributed by atoms with Crippen LogP contribution in [0.1, 0.15) is 31.7 Å². The van der Waals surface area contributed by atoms with E-state index in [0.717, 1.165) is 25.8 Å². The second-order valence-electron chi connectivity index (χ2n) is 5.18. The third-order valence-electron chi connectivity index (χ3n) is 3.93. The molecule has 1 aliphatic heterocycles. The van der Waals surface area contributed by atoms with Crippen LogP contribution < -0.4 is 10.6 Å². The standard InChI is InChI=1S/C14H19N3O3/c1-3-14(7-4-8-15-14)13(18)16-11-5-6-12(17(19)20)10(2)9-11/h5-6,9,15H,3-4,7-8H2,1-2H3,(H,16,18). The molecule has 6 heteroatoms. The van der Waals surface area contributed by atoms with Crippen molar-refractivity contribution >= 4 is 17.3 Å². The van der Waals surface area contributed by atoms with Crippen LogP contribution in [0.25, 0.3) is 0 Å². The fourth-order valence-corrected chi connectivity index (χ4v) is 2.65. The summed E-state index contributed by atoms with van der Waals surface area (Å²) < 4.78 is 0. The smallest absolute Gasteiger partial charge is 0.272 e. The van der Waals surface area contributed by atoms with Gasteiger partial charge in [-0.25, -0.2) is 0 Å². The number of hydrogen-bond acceptors (Lipinski definition) is 4. The lowest BCUT2D eigenvalue weighted by Crippen LogP contribution is -2.50. The van der Waals surface area contributed by atoms with Crippen molar-refractivity contribution in [2.45, 2.75) is 38.6 Å². The highest BCUT2D eigenvalue weighted by atomic mass is 16.6. The highest BCUT2D eigenvalue weighted by Gasteiger charge is 2.39. The number of anilines is 1. The summed E-state index contributed by atoms with van der Waals surface area (Å²) >= 11 is 0. The van der Waals surface area contributed by atoms with Gasteiger partial charge < -0.3 is 10.6 Å². The second kappa shape index (κ2) is 5.58. The summed E-state index contributed by atoms with van der Waals surface area (Å²) in [4.78, 5) is 22.7. The normalized spacial score (nSPS) is 21.7. The first-order chi connectivity index (χ1) is 9.48. The number of nitro benzene ring substituents is 1. The van der Waals surface area contributed by atoms with Crippen LogP contribution in [0.2, 0.25) is 0 Å². The van der Waals surface area contributed by atoms with Gasteiger partial charge in [0.15, 0.2) is 0 Å². The molecule has 20 heavy (non-hydrogen) atoms. The van der Waals surface area contributed by atoms with Gasteiger partial charge in [-0.1, -0.05) is 6.92 Å². The monoisotopic (exact) mass is 277 g/mol. The maximum absolute atomic E-state index is 12.4.